The second-order valence-electron chi connectivity index (χ2n) is 5.24. The van der Waals surface area contributed by atoms with Crippen molar-refractivity contribution in [2.45, 2.75) is 19.4 Å². The highest BCUT2D eigenvalue weighted by molar-refractivity contribution is 5.49. The number of phenols is 1. The van der Waals surface area contributed by atoms with Gasteiger partial charge >= 0.3 is 0 Å². The number of pyridine rings is 1. The van der Waals surface area contributed by atoms with E-state index in [0.29, 0.717) is 6.54 Å². The Hall–Kier alpha value is -2.30. The van der Waals surface area contributed by atoms with Crippen LogP contribution in [0.15, 0.2) is 36.5 Å². The smallest absolute Gasteiger partial charge is 0.165 e. The van der Waals surface area contributed by atoms with Gasteiger partial charge in [0.05, 0.1) is 11.9 Å². The van der Waals surface area contributed by atoms with Crippen molar-refractivity contribution in [3.63, 3.8) is 0 Å². The number of rotatable bonds is 4. The Kier molecular flexibility index (Phi) is 3.90. The van der Waals surface area contributed by atoms with E-state index in [4.69, 9.17) is 5.11 Å². The summed E-state index contributed by atoms with van der Waals surface area (Å²) in [6.45, 7) is 2.64. The van der Waals surface area contributed by atoms with Crippen LogP contribution in [0.3, 0.4) is 0 Å². The van der Waals surface area contributed by atoms with Gasteiger partial charge in [-0.1, -0.05) is 6.07 Å². The summed E-state index contributed by atoms with van der Waals surface area (Å²) >= 11 is 0. The summed E-state index contributed by atoms with van der Waals surface area (Å²) in [6, 6.07) is 8.37. The van der Waals surface area contributed by atoms with Gasteiger partial charge in [-0.25, -0.2) is 9.37 Å². The number of nitrogens with one attached hydrogen (secondary N) is 1. The van der Waals surface area contributed by atoms with Crippen molar-refractivity contribution in [3.8, 4) is 5.75 Å². The molecule has 3 rings (SSSR count). The molecule has 2 aromatic rings. The van der Waals surface area contributed by atoms with Gasteiger partial charge in [-0.3, -0.25) is 0 Å². The largest absolute Gasteiger partial charge is 0.505 e. The van der Waals surface area contributed by atoms with E-state index >= 15 is 0 Å². The van der Waals surface area contributed by atoms with Gasteiger partial charge in [-0.05, 0) is 42.7 Å². The third kappa shape index (κ3) is 3.24. The maximum atomic E-state index is 13.2. The van der Waals surface area contributed by atoms with Crippen molar-refractivity contribution in [2.24, 2.45) is 0 Å². The zero-order chi connectivity index (χ0) is 14.7. The van der Waals surface area contributed by atoms with Crippen LogP contribution in [0.25, 0.3) is 0 Å². The zero-order valence-electron chi connectivity index (χ0n) is 11.7. The summed E-state index contributed by atoms with van der Waals surface area (Å²) in [5.74, 6) is 0.0842. The van der Waals surface area contributed by atoms with Crippen molar-refractivity contribution >= 4 is 11.5 Å². The van der Waals surface area contributed by atoms with Crippen molar-refractivity contribution in [1.29, 1.82) is 0 Å². The molecule has 1 aliphatic rings. The van der Waals surface area contributed by atoms with Crippen LogP contribution >= 0.6 is 0 Å². The van der Waals surface area contributed by atoms with E-state index in [-0.39, 0.29) is 5.75 Å². The number of anilines is 2. The Morgan fingerprint density at radius 3 is 2.67 bits per heavy atom. The van der Waals surface area contributed by atoms with E-state index in [9.17, 15) is 4.39 Å². The summed E-state index contributed by atoms with van der Waals surface area (Å²) in [5.41, 5.74) is 1.67. The number of hydrogen-bond acceptors (Lipinski definition) is 4. The van der Waals surface area contributed by atoms with Gasteiger partial charge in [0.2, 0.25) is 0 Å². The molecule has 0 saturated carbocycles. The maximum absolute atomic E-state index is 13.2. The molecular formula is C16H18FN3O. The van der Waals surface area contributed by atoms with Gasteiger partial charge in [-0.15, -0.1) is 0 Å². The fourth-order valence-corrected chi connectivity index (χ4v) is 2.49. The lowest BCUT2D eigenvalue weighted by molar-refractivity contribution is 0.432. The van der Waals surface area contributed by atoms with Gasteiger partial charge in [-0.2, -0.15) is 0 Å². The molecule has 1 fully saturated rings. The van der Waals surface area contributed by atoms with Crippen molar-refractivity contribution in [1.82, 2.24) is 4.98 Å². The number of aromatic hydroxyl groups is 1. The molecule has 1 aromatic heterocycles. The van der Waals surface area contributed by atoms with Crippen LogP contribution in [0.2, 0.25) is 0 Å². The van der Waals surface area contributed by atoms with Crippen LogP contribution in [-0.2, 0) is 6.54 Å². The zero-order valence-corrected chi connectivity index (χ0v) is 11.7. The molecular weight excluding hydrogens is 269 g/mol. The molecule has 2 heterocycles. The highest BCUT2D eigenvalue weighted by atomic mass is 19.1. The molecule has 0 amide bonds. The van der Waals surface area contributed by atoms with Crippen LogP contribution in [0.4, 0.5) is 15.9 Å². The molecule has 0 spiro atoms. The molecule has 4 nitrogen and oxygen atoms in total. The molecule has 1 saturated heterocycles. The van der Waals surface area contributed by atoms with Gasteiger partial charge in [0.1, 0.15) is 5.82 Å². The third-order valence-corrected chi connectivity index (χ3v) is 3.69. The lowest BCUT2D eigenvalue weighted by Gasteiger charge is -2.16. The minimum absolute atomic E-state index is 0.324. The Morgan fingerprint density at radius 2 is 2.00 bits per heavy atom. The van der Waals surface area contributed by atoms with Gasteiger partial charge in [0.15, 0.2) is 11.6 Å². The normalized spacial score (nSPS) is 14.4. The molecule has 21 heavy (non-hydrogen) atoms. The lowest BCUT2D eigenvalue weighted by atomic mass is 10.2. The Bertz CT molecular complexity index is 609. The van der Waals surface area contributed by atoms with E-state index in [1.54, 1.807) is 12.3 Å². The maximum Gasteiger partial charge on any atom is 0.165 e. The summed E-state index contributed by atoms with van der Waals surface area (Å²) in [7, 11) is 0. The molecule has 0 unspecified atom stereocenters. The van der Waals surface area contributed by atoms with Crippen LogP contribution in [0.5, 0.6) is 5.75 Å². The van der Waals surface area contributed by atoms with Crippen molar-refractivity contribution in [3.05, 3.63) is 47.9 Å². The molecule has 0 aliphatic carbocycles. The van der Waals surface area contributed by atoms with Crippen molar-refractivity contribution < 1.29 is 9.50 Å². The second-order valence-corrected chi connectivity index (χ2v) is 5.24. The number of halogens is 1. The predicted molar refractivity (Wildman–Crippen MR) is 81.1 cm³/mol. The minimum atomic E-state index is -0.600. The molecule has 1 aromatic carbocycles. The summed E-state index contributed by atoms with van der Waals surface area (Å²) < 4.78 is 13.2. The van der Waals surface area contributed by atoms with E-state index in [2.05, 4.69) is 15.2 Å². The van der Waals surface area contributed by atoms with Gasteiger partial charge < -0.3 is 15.3 Å². The van der Waals surface area contributed by atoms with Gasteiger partial charge in [0.25, 0.3) is 0 Å². The number of benzene rings is 1. The topological polar surface area (TPSA) is 48.4 Å². The highest BCUT2D eigenvalue weighted by Gasteiger charge is 2.12. The number of nitrogens with zero attached hydrogens (tertiary/aromatic N) is 2. The Morgan fingerprint density at radius 1 is 1.19 bits per heavy atom. The average Bonchev–Trinajstić information content (AvgIpc) is 3.03. The minimum Gasteiger partial charge on any atom is -0.505 e. The Balaban J connectivity index is 1.61. The van der Waals surface area contributed by atoms with Crippen LogP contribution in [-0.4, -0.2) is 23.2 Å². The molecule has 0 bridgehead atoms. The highest BCUT2D eigenvalue weighted by Crippen LogP contribution is 2.20. The first-order valence-electron chi connectivity index (χ1n) is 7.14. The van der Waals surface area contributed by atoms with Crippen LogP contribution < -0.4 is 10.2 Å². The van der Waals surface area contributed by atoms with E-state index < -0.39 is 5.82 Å². The molecule has 1 aliphatic heterocycles. The third-order valence-electron chi connectivity index (χ3n) is 3.69. The van der Waals surface area contributed by atoms with E-state index in [1.807, 2.05) is 12.1 Å². The molecule has 0 radical (unpaired) electrons. The second kappa shape index (κ2) is 5.99. The lowest BCUT2D eigenvalue weighted by Crippen LogP contribution is -2.18. The summed E-state index contributed by atoms with van der Waals surface area (Å²) in [4.78, 5) is 6.73. The fourth-order valence-electron chi connectivity index (χ4n) is 2.49. The quantitative estimate of drug-likeness (QED) is 0.907. The first-order valence-corrected chi connectivity index (χ1v) is 7.14. The first-order chi connectivity index (χ1) is 10.2. The monoisotopic (exact) mass is 287 g/mol. The number of hydrogen-bond donors (Lipinski definition) is 2. The number of phenolic OH excluding ortho intramolecular Hbond substituents is 1. The SMILES string of the molecule is Oc1ccc(CNc2ccc(N3CCCC3)nc2)cc1F. The average molecular weight is 287 g/mol. The van der Waals surface area contributed by atoms with Crippen molar-refractivity contribution in [2.75, 3.05) is 23.3 Å². The first kappa shape index (κ1) is 13.7. The standard InChI is InChI=1S/C16H18FN3O/c17-14-9-12(3-5-15(14)21)10-18-13-4-6-16(19-11-13)20-7-1-2-8-20/h3-6,9,11,18,21H,1-2,7-8,10H2. The summed E-state index contributed by atoms with van der Waals surface area (Å²) in [6.07, 6.45) is 4.26. The molecule has 110 valence electrons. The summed E-state index contributed by atoms with van der Waals surface area (Å²) in [5, 5.41) is 12.3. The van der Waals surface area contributed by atoms with E-state index in [1.165, 1.54) is 25.0 Å². The van der Waals surface area contributed by atoms with Crippen LogP contribution in [0.1, 0.15) is 18.4 Å². The molecule has 0 atom stereocenters. The van der Waals surface area contributed by atoms with Gasteiger partial charge in [0, 0.05) is 19.6 Å². The van der Waals surface area contributed by atoms with Crippen LogP contribution in [0, 0.1) is 5.82 Å². The van der Waals surface area contributed by atoms with E-state index in [0.717, 1.165) is 30.2 Å². The molecule has 5 heteroatoms. The molecule has 2 N–H and O–H groups in total. The predicted octanol–water partition coefficient (Wildman–Crippen LogP) is 3.14. The Labute approximate surface area is 123 Å². The fraction of sp³-hybridized carbons (Fsp3) is 0.312. The number of aromatic nitrogens is 1.